The van der Waals surface area contributed by atoms with Crippen molar-refractivity contribution in [2.24, 2.45) is 17.3 Å². The fourth-order valence-electron chi connectivity index (χ4n) is 9.59. The molecule has 0 bridgehead atoms. The number of ether oxygens (including phenoxy) is 4. The highest BCUT2D eigenvalue weighted by atomic mass is 16.7. The van der Waals surface area contributed by atoms with E-state index < -0.39 is 36.1 Å². The molecular formula is C48H56N8O8. The third kappa shape index (κ3) is 8.31. The summed E-state index contributed by atoms with van der Waals surface area (Å²) in [6.45, 7) is 9.34. The number of carbonyl (C=O) groups excluding carboxylic acids is 4. The molecular weight excluding hydrogens is 817 g/mol. The predicted octanol–water partition coefficient (Wildman–Crippen LogP) is 7.12. The van der Waals surface area contributed by atoms with Gasteiger partial charge in [-0.2, -0.15) is 0 Å². The molecule has 4 amide bonds. The van der Waals surface area contributed by atoms with Gasteiger partial charge in [-0.3, -0.25) is 9.59 Å². The molecule has 16 heteroatoms. The second kappa shape index (κ2) is 17.0. The Morgan fingerprint density at radius 2 is 1.12 bits per heavy atom. The van der Waals surface area contributed by atoms with Gasteiger partial charge < -0.3 is 49.3 Å². The zero-order chi connectivity index (χ0) is 44.9. The lowest BCUT2D eigenvalue weighted by Crippen LogP contribution is -2.52. The highest BCUT2D eigenvalue weighted by Crippen LogP contribution is 2.58. The molecule has 3 aliphatic heterocycles. The van der Waals surface area contributed by atoms with Crippen molar-refractivity contribution in [2.45, 2.75) is 83.3 Å². The molecule has 64 heavy (non-hydrogen) atoms. The number of nitrogens with zero attached hydrogens (tertiary/aromatic N) is 4. The average molecular weight is 873 g/mol. The van der Waals surface area contributed by atoms with Crippen molar-refractivity contribution in [2.75, 3.05) is 40.5 Å². The van der Waals surface area contributed by atoms with Gasteiger partial charge >= 0.3 is 12.2 Å². The molecule has 5 heterocycles. The van der Waals surface area contributed by atoms with Crippen molar-refractivity contribution < 1.29 is 38.1 Å². The quantitative estimate of drug-likeness (QED) is 0.106. The van der Waals surface area contributed by atoms with Gasteiger partial charge in [-0.05, 0) is 76.1 Å². The van der Waals surface area contributed by atoms with Crippen LogP contribution in [-0.2, 0) is 28.5 Å². The monoisotopic (exact) mass is 872 g/mol. The van der Waals surface area contributed by atoms with Crippen molar-refractivity contribution in [1.82, 2.24) is 40.4 Å². The number of fused-ring (bicyclic) bond motifs is 1. The van der Waals surface area contributed by atoms with Crippen LogP contribution in [0.15, 0.2) is 73.1 Å². The number of methoxy groups -OCH3 is 2. The minimum absolute atomic E-state index is 0.111. The number of nitrogens with one attached hydrogen (secondary N) is 4. The molecule has 16 nitrogen and oxygen atoms in total. The fourth-order valence-corrected chi connectivity index (χ4v) is 9.59. The van der Waals surface area contributed by atoms with E-state index in [4.69, 9.17) is 28.9 Å². The molecule has 2 spiro atoms. The predicted molar refractivity (Wildman–Crippen MR) is 237 cm³/mol. The van der Waals surface area contributed by atoms with Crippen LogP contribution in [0.1, 0.15) is 77.1 Å². The van der Waals surface area contributed by atoms with Crippen molar-refractivity contribution in [3.63, 3.8) is 0 Å². The summed E-state index contributed by atoms with van der Waals surface area (Å²) in [6.07, 6.45) is 5.73. The maximum Gasteiger partial charge on any atom is 0.407 e. The van der Waals surface area contributed by atoms with E-state index in [0.29, 0.717) is 32.0 Å². The second-order valence-electron chi connectivity index (χ2n) is 18.4. The smallest absolute Gasteiger partial charge is 0.407 e. The summed E-state index contributed by atoms with van der Waals surface area (Å²) in [7, 11) is 2.58. The van der Waals surface area contributed by atoms with Gasteiger partial charge in [0.05, 0.1) is 69.8 Å². The van der Waals surface area contributed by atoms with E-state index in [1.165, 1.54) is 14.2 Å². The minimum atomic E-state index is -0.934. The number of benzene rings is 3. The molecule has 4 N–H and O–H groups in total. The molecule has 1 saturated carbocycles. The molecule has 336 valence electrons. The zero-order valence-electron chi connectivity index (χ0n) is 37.1. The SMILES string of the molecule is COC(=O)NC(C(=O)N1CC2(CC2)C[C@H]1c1ncc(-c2ccc3cc(-c4ccc(-c5cnc([C@@H]6CC7(CN6C(=O)C(NC(=O)OC)C(C)C)OCCO7)[nH]5)cc4)ccc3c2)[nH]1)C(C)C. The zero-order valence-corrected chi connectivity index (χ0v) is 37.1. The Labute approximate surface area is 371 Å². The van der Waals surface area contributed by atoms with E-state index in [-0.39, 0.29) is 41.7 Å². The Kier molecular flexibility index (Phi) is 11.4. The van der Waals surface area contributed by atoms with Gasteiger partial charge in [0.25, 0.3) is 0 Å². The maximum atomic E-state index is 14.0. The van der Waals surface area contributed by atoms with E-state index in [2.05, 4.69) is 81.3 Å². The van der Waals surface area contributed by atoms with E-state index in [9.17, 15) is 19.2 Å². The molecule has 3 aromatic carbocycles. The lowest BCUT2D eigenvalue weighted by Gasteiger charge is -2.30. The van der Waals surface area contributed by atoms with E-state index in [1.54, 1.807) is 11.1 Å². The second-order valence-corrected chi connectivity index (χ2v) is 18.4. The first-order valence-corrected chi connectivity index (χ1v) is 22.1. The molecule has 3 saturated heterocycles. The van der Waals surface area contributed by atoms with E-state index in [1.807, 2.05) is 38.8 Å². The van der Waals surface area contributed by atoms with Crippen LogP contribution in [0.25, 0.3) is 44.4 Å². The number of carbonyl (C=O) groups is 4. The van der Waals surface area contributed by atoms with Gasteiger partial charge in [-0.15, -0.1) is 0 Å². The Balaban J connectivity index is 0.898. The summed E-state index contributed by atoms with van der Waals surface area (Å²) < 4.78 is 21.7. The Bertz CT molecular complexity index is 2560. The first-order chi connectivity index (χ1) is 30.8. The number of likely N-dealkylation sites (tertiary alicyclic amines) is 2. The normalized spacial score (nSPS) is 20.6. The lowest BCUT2D eigenvalue weighted by atomic mass is 9.98. The van der Waals surface area contributed by atoms with E-state index in [0.717, 1.165) is 69.5 Å². The number of hydrogen-bond donors (Lipinski definition) is 4. The van der Waals surface area contributed by atoms with Crippen molar-refractivity contribution in [3.05, 3.63) is 84.7 Å². The lowest BCUT2D eigenvalue weighted by molar-refractivity contribution is -0.153. The van der Waals surface area contributed by atoms with Gasteiger partial charge in [0.1, 0.15) is 23.7 Å². The Morgan fingerprint density at radius 3 is 1.66 bits per heavy atom. The van der Waals surface area contributed by atoms with Gasteiger partial charge in [0.2, 0.25) is 11.8 Å². The van der Waals surface area contributed by atoms with Gasteiger partial charge in [0, 0.05) is 18.5 Å². The van der Waals surface area contributed by atoms with Crippen LogP contribution in [-0.4, -0.2) is 112 Å². The maximum absolute atomic E-state index is 14.0. The summed E-state index contributed by atoms with van der Waals surface area (Å²) in [6, 6.07) is 18.9. The first kappa shape index (κ1) is 43.0. The number of rotatable bonds is 11. The minimum Gasteiger partial charge on any atom is -0.453 e. The van der Waals surface area contributed by atoms with Crippen molar-refractivity contribution in [3.8, 4) is 33.6 Å². The van der Waals surface area contributed by atoms with Crippen LogP contribution in [0.3, 0.4) is 0 Å². The number of hydrogen-bond acceptors (Lipinski definition) is 10. The molecule has 5 aromatic rings. The average Bonchev–Trinajstić information content (AvgIpc) is 3.94. The number of aromatic nitrogens is 4. The Morgan fingerprint density at radius 1 is 0.656 bits per heavy atom. The standard InChI is InChI=1S/C48H56N8O8/c1-27(2)39(53-45(59)61-5)43(57)55-25-47(15-16-47)21-37(55)41-50-24-36(52-41)34-14-13-32-19-31(11-12-33(32)20-34)29-7-9-30(10-8-29)35-23-49-42(51-35)38-22-48(63-17-18-64-48)26-56(38)44(58)40(28(3)4)54-46(60)62-6/h7-14,19-20,23-24,27-28,37-40H,15-18,21-22,25-26H2,1-6H3,(H,49,51)(H,50,52)(H,53,59)(H,54,60)/t37-,38-,39?,40?/m0/s1. The summed E-state index contributed by atoms with van der Waals surface area (Å²) in [4.78, 5) is 72.4. The topological polar surface area (TPSA) is 193 Å². The summed E-state index contributed by atoms with van der Waals surface area (Å²) in [5, 5.41) is 7.62. The molecule has 4 fully saturated rings. The third-order valence-corrected chi connectivity index (χ3v) is 13.4. The highest BCUT2D eigenvalue weighted by Gasteiger charge is 2.55. The van der Waals surface area contributed by atoms with Crippen LogP contribution in [0, 0.1) is 17.3 Å². The number of H-pyrrole nitrogens is 2. The van der Waals surface area contributed by atoms with Gasteiger partial charge in [-0.1, -0.05) is 76.2 Å². The van der Waals surface area contributed by atoms with Gasteiger partial charge in [0.15, 0.2) is 5.79 Å². The number of imidazole rings is 2. The number of amides is 4. The molecule has 0 radical (unpaired) electrons. The van der Waals surface area contributed by atoms with Gasteiger partial charge in [-0.25, -0.2) is 19.6 Å². The largest absolute Gasteiger partial charge is 0.453 e. The van der Waals surface area contributed by atoms with Crippen LogP contribution in [0.2, 0.25) is 0 Å². The molecule has 9 rings (SSSR count). The summed E-state index contributed by atoms with van der Waals surface area (Å²) in [5.41, 5.74) is 5.85. The van der Waals surface area contributed by atoms with Crippen LogP contribution < -0.4 is 10.6 Å². The molecule has 2 aromatic heterocycles. The van der Waals surface area contributed by atoms with Crippen molar-refractivity contribution in [1.29, 1.82) is 0 Å². The molecule has 1 aliphatic carbocycles. The van der Waals surface area contributed by atoms with Crippen LogP contribution in [0.5, 0.6) is 0 Å². The highest BCUT2D eigenvalue weighted by molar-refractivity contribution is 5.91. The Hall–Kier alpha value is -6.26. The molecule has 4 atom stereocenters. The van der Waals surface area contributed by atoms with Crippen LogP contribution >= 0.6 is 0 Å². The number of alkyl carbamates (subject to hydrolysis) is 2. The first-order valence-electron chi connectivity index (χ1n) is 22.1. The third-order valence-electron chi connectivity index (χ3n) is 13.4. The number of aromatic amines is 2. The van der Waals surface area contributed by atoms with Crippen LogP contribution in [0.4, 0.5) is 9.59 Å². The van der Waals surface area contributed by atoms with E-state index >= 15 is 0 Å². The molecule has 2 unspecified atom stereocenters. The molecule has 4 aliphatic rings. The fraction of sp³-hybridized carbons (Fsp3) is 0.458. The summed E-state index contributed by atoms with van der Waals surface area (Å²) in [5.74, 6) is -0.252. The summed E-state index contributed by atoms with van der Waals surface area (Å²) >= 11 is 0. The van der Waals surface area contributed by atoms with Crippen molar-refractivity contribution >= 4 is 34.8 Å².